The molecule has 1 saturated heterocycles. The standard InChI is InChI=1S/C23H23N7O2S/c1-29-11-8-23(32,21(29)31)16-5-3-4-15(12-16)20-26-19(14-33-20)18-6-9-24-22(27-18)25-13-17-7-10-30(2)28-17/h3-7,9-10,12,14,32H,8,11,13H2,1-2H3,(H,24,25,27). The van der Waals surface area contributed by atoms with E-state index in [0.717, 1.165) is 22.0 Å². The first-order valence-corrected chi connectivity index (χ1v) is 11.4. The molecule has 1 aliphatic rings. The van der Waals surface area contributed by atoms with Gasteiger partial charge in [0, 0.05) is 50.4 Å². The van der Waals surface area contributed by atoms with E-state index in [1.807, 2.05) is 49.0 Å². The van der Waals surface area contributed by atoms with Gasteiger partial charge in [0.1, 0.15) is 10.7 Å². The third-order valence-electron chi connectivity index (χ3n) is 5.72. The van der Waals surface area contributed by atoms with Crippen LogP contribution >= 0.6 is 11.3 Å². The number of hydrogen-bond acceptors (Lipinski definition) is 8. The zero-order valence-electron chi connectivity index (χ0n) is 18.3. The van der Waals surface area contributed by atoms with Crippen molar-refractivity contribution in [3.05, 3.63) is 65.4 Å². The molecule has 33 heavy (non-hydrogen) atoms. The van der Waals surface area contributed by atoms with Crippen molar-refractivity contribution >= 4 is 23.2 Å². The predicted octanol–water partition coefficient (Wildman–Crippen LogP) is 2.66. The molecule has 2 N–H and O–H groups in total. The van der Waals surface area contributed by atoms with Crippen molar-refractivity contribution in [1.82, 2.24) is 29.6 Å². The fraction of sp³-hybridized carbons (Fsp3) is 0.261. The van der Waals surface area contributed by atoms with Crippen molar-refractivity contribution in [3.63, 3.8) is 0 Å². The Morgan fingerprint density at radius 3 is 2.82 bits per heavy atom. The zero-order chi connectivity index (χ0) is 23.0. The second-order valence-electron chi connectivity index (χ2n) is 8.06. The van der Waals surface area contributed by atoms with E-state index in [4.69, 9.17) is 4.98 Å². The van der Waals surface area contributed by atoms with Crippen LogP contribution in [-0.4, -0.2) is 54.2 Å². The third-order valence-corrected chi connectivity index (χ3v) is 6.61. The van der Waals surface area contributed by atoms with Gasteiger partial charge in [0.25, 0.3) is 5.91 Å². The van der Waals surface area contributed by atoms with Gasteiger partial charge in [-0.25, -0.2) is 15.0 Å². The molecule has 0 bridgehead atoms. The number of likely N-dealkylation sites (N-methyl/N-ethyl adjacent to an activating group) is 1. The van der Waals surface area contributed by atoms with E-state index in [1.54, 1.807) is 28.9 Å². The van der Waals surface area contributed by atoms with Gasteiger partial charge in [0.05, 0.1) is 17.9 Å². The van der Waals surface area contributed by atoms with E-state index < -0.39 is 5.60 Å². The Balaban J connectivity index is 1.36. The summed E-state index contributed by atoms with van der Waals surface area (Å²) in [6, 6.07) is 11.2. The maximum absolute atomic E-state index is 12.5. The maximum atomic E-state index is 12.5. The molecule has 0 radical (unpaired) electrons. The van der Waals surface area contributed by atoms with Gasteiger partial charge in [-0.2, -0.15) is 5.10 Å². The minimum Gasteiger partial charge on any atom is -0.375 e. The fourth-order valence-electron chi connectivity index (χ4n) is 3.87. The van der Waals surface area contributed by atoms with Gasteiger partial charge in [-0.15, -0.1) is 11.3 Å². The van der Waals surface area contributed by atoms with Crippen molar-refractivity contribution < 1.29 is 9.90 Å². The molecule has 4 heterocycles. The molecule has 1 aliphatic heterocycles. The van der Waals surface area contributed by atoms with Crippen LogP contribution in [-0.2, 0) is 24.0 Å². The van der Waals surface area contributed by atoms with Crippen molar-refractivity contribution in [3.8, 4) is 22.0 Å². The first-order valence-electron chi connectivity index (χ1n) is 10.5. The lowest BCUT2D eigenvalue weighted by atomic mass is 9.91. The van der Waals surface area contributed by atoms with Crippen LogP contribution in [0.5, 0.6) is 0 Å². The molecule has 168 valence electrons. The highest BCUT2D eigenvalue weighted by Crippen LogP contribution is 2.36. The largest absolute Gasteiger partial charge is 0.375 e. The summed E-state index contributed by atoms with van der Waals surface area (Å²) in [5, 5.41) is 21.2. The van der Waals surface area contributed by atoms with Crippen molar-refractivity contribution in [2.75, 3.05) is 18.9 Å². The molecule has 0 aliphatic carbocycles. The lowest BCUT2D eigenvalue weighted by Gasteiger charge is -2.21. The van der Waals surface area contributed by atoms with Crippen molar-refractivity contribution in [2.45, 2.75) is 18.6 Å². The average molecular weight is 462 g/mol. The number of aromatic nitrogens is 5. The topological polar surface area (TPSA) is 109 Å². The molecule has 10 heteroatoms. The molecule has 5 rings (SSSR count). The van der Waals surface area contributed by atoms with Crippen LogP contribution in [0.25, 0.3) is 22.0 Å². The Morgan fingerprint density at radius 1 is 1.18 bits per heavy atom. The molecule has 0 saturated carbocycles. The highest BCUT2D eigenvalue weighted by molar-refractivity contribution is 7.13. The number of aryl methyl sites for hydroxylation is 1. The van der Waals surface area contributed by atoms with E-state index in [2.05, 4.69) is 20.4 Å². The molecule has 9 nitrogen and oxygen atoms in total. The number of nitrogens with zero attached hydrogens (tertiary/aromatic N) is 6. The molecule has 1 fully saturated rings. The summed E-state index contributed by atoms with van der Waals surface area (Å²) in [4.78, 5) is 27.6. The van der Waals surface area contributed by atoms with Crippen LogP contribution in [0.2, 0.25) is 0 Å². The summed E-state index contributed by atoms with van der Waals surface area (Å²) in [6.07, 6.45) is 3.96. The quantitative estimate of drug-likeness (QED) is 0.454. The van der Waals surface area contributed by atoms with Gasteiger partial charge in [0.2, 0.25) is 5.95 Å². The van der Waals surface area contributed by atoms with Gasteiger partial charge in [-0.05, 0) is 23.8 Å². The summed E-state index contributed by atoms with van der Waals surface area (Å²) < 4.78 is 1.75. The number of benzene rings is 1. The zero-order valence-corrected chi connectivity index (χ0v) is 19.1. The smallest absolute Gasteiger partial charge is 0.258 e. The van der Waals surface area contributed by atoms with E-state index in [1.165, 1.54) is 11.3 Å². The van der Waals surface area contributed by atoms with E-state index in [9.17, 15) is 9.90 Å². The summed E-state index contributed by atoms with van der Waals surface area (Å²) in [5.74, 6) is 0.229. The highest BCUT2D eigenvalue weighted by atomic mass is 32.1. The van der Waals surface area contributed by atoms with E-state index in [-0.39, 0.29) is 5.91 Å². The minimum absolute atomic E-state index is 0.272. The summed E-state index contributed by atoms with van der Waals surface area (Å²) in [6.45, 7) is 1.06. The van der Waals surface area contributed by atoms with Gasteiger partial charge >= 0.3 is 0 Å². The lowest BCUT2D eigenvalue weighted by molar-refractivity contribution is -0.143. The SMILES string of the molecule is CN1CCC(O)(c2cccc(-c3nc(-c4ccnc(NCc5ccn(C)n5)n4)cs3)c2)C1=O. The van der Waals surface area contributed by atoms with Crippen LogP contribution in [0.15, 0.2) is 54.2 Å². The van der Waals surface area contributed by atoms with Crippen LogP contribution in [0, 0.1) is 0 Å². The number of thiazole rings is 1. The molecule has 4 aromatic rings. The monoisotopic (exact) mass is 461 g/mol. The molecular formula is C23H23N7O2S. The van der Waals surface area contributed by atoms with Gasteiger partial charge in [-0.3, -0.25) is 9.48 Å². The first kappa shape index (κ1) is 21.2. The molecule has 3 aromatic heterocycles. The Hall–Kier alpha value is -3.63. The normalized spacial score (nSPS) is 18.2. The van der Waals surface area contributed by atoms with Crippen molar-refractivity contribution in [1.29, 1.82) is 0 Å². The summed E-state index contributed by atoms with van der Waals surface area (Å²) in [7, 11) is 3.58. The van der Waals surface area contributed by atoms with Gasteiger partial charge in [0.15, 0.2) is 5.60 Å². The molecular weight excluding hydrogens is 438 g/mol. The van der Waals surface area contributed by atoms with E-state index >= 15 is 0 Å². The number of anilines is 1. The number of hydrogen-bond donors (Lipinski definition) is 2. The molecule has 1 atom stereocenters. The number of amides is 1. The number of likely N-dealkylation sites (tertiary alicyclic amines) is 1. The Morgan fingerprint density at radius 2 is 2.06 bits per heavy atom. The summed E-state index contributed by atoms with van der Waals surface area (Å²) in [5.41, 5.74) is 2.30. The Kier molecular flexibility index (Phi) is 5.39. The number of aliphatic hydroxyl groups is 1. The lowest BCUT2D eigenvalue weighted by Crippen LogP contribution is -2.36. The van der Waals surface area contributed by atoms with Gasteiger partial charge in [-0.1, -0.05) is 18.2 Å². The first-order chi connectivity index (χ1) is 15.9. The number of rotatable bonds is 6. The molecule has 1 aromatic carbocycles. The summed E-state index contributed by atoms with van der Waals surface area (Å²) >= 11 is 1.49. The molecule has 0 spiro atoms. The predicted molar refractivity (Wildman–Crippen MR) is 125 cm³/mol. The highest BCUT2D eigenvalue weighted by Gasteiger charge is 2.45. The second-order valence-corrected chi connectivity index (χ2v) is 8.91. The number of nitrogens with one attached hydrogen (secondary N) is 1. The van der Waals surface area contributed by atoms with Crippen molar-refractivity contribution in [2.24, 2.45) is 7.05 Å². The van der Waals surface area contributed by atoms with E-state index in [0.29, 0.717) is 36.7 Å². The number of carbonyl (C=O) groups excluding carboxylic acids is 1. The van der Waals surface area contributed by atoms with Crippen LogP contribution < -0.4 is 5.32 Å². The average Bonchev–Trinajstić information content (AvgIpc) is 3.55. The third kappa shape index (κ3) is 4.10. The minimum atomic E-state index is -1.48. The Labute approximate surface area is 194 Å². The van der Waals surface area contributed by atoms with Crippen LogP contribution in [0.3, 0.4) is 0 Å². The fourth-order valence-corrected chi connectivity index (χ4v) is 4.68. The molecule has 1 amide bonds. The maximum Gasteiger partial charge on any atom is 0.258 e. The Bertz CT molecular complexity index is 1320. The second kappa shape index (κ2) is 8.38. The van der Waals surface area contributed by atoms with Gasteiger partial charge < -0.3 is 15.3 Å². The van der Waals surface area contributed by atoms with Crippen LogP contribution in [0.4, 0.5) is 5.95 Å². The van der Waals surface area contributed by atoms with Crippen LogP contribution in [0.1, 0.15) is 17.7 Å². The number of carbonyl (C=O) groups is 1. The molecule has 1 unspecified atom stereocenters.